The number of nitrogens with two attached hydrogens (primary N) is 1. The molecule has 4 N–H and O–H groups in total. The molecule has 2 aromatic carbocycles. The van der Waals surface area contributed by atoms with E-state index in [4.69, 9.17) is 15.2 Å². The Bertz CT molecular complexity index is 983. The van der Waals surface area contributed by atoms with Gasteiger partial charge in [0, 0.05) is 23.2 Å². The number of rotatable bonds is 7. The zero-order valence-electron chi connectivity index (χ0n) is 17.7. The van der Waals surface area contributed by atoms with Crippen LogP contribution in [0.25, 0.3) is 0 Å². The first kappa shape index (κ1) is 22.1. The van der Waals surface area contributed by atoms with Crippen molar-refractivity contribution in [3.05, 3.63) is 47.5 Å². The third kappa shape index (κ3) is 5.33. The molecule has 0 radical (unpaired) electrons. The summed E-state index contributed by atoms with van der Waals surface area (Å²) >= 11 is 0. The molecule has 0 heterocycles. The SMILES string of the molecule is COc1cc(NC(=O)c2cccc(NC(=O)C3CCCCC3)c2)c(C(N)=O)cc1OC. The molecule has 8 heteroatoms. The van der Waals surface area contributed by atoms with Crippen molar-refractivity contribution in [1.29, 1.82) is 0 Å². The van der Waals surface area contributed by atoms with Crippen molar-refractivity contribution in [2.45, 2.75) is 32.1 Å². The first-order chi connectivity index (χ1) is 14.9. The monoisotopic (exact) mass is 425 g/mol. The molecule has 2 aromatic rings. The van der Waals surface area contributed by atoms with E-state index >= 15 is 0 Å². The molecular formula is C23H27N3O5. The largest absolute Gasteiger partial charge is 0.493 e. The van der Waals surface area contributed by atoms with Gasteiger partial charge in [-0.2, -0.15) is 0 Å². The van der Waals surface area contributed by atoms with Crippen molar-refractivity contribution in [1.82, 2.24) is 0 Å². The van der Waals surface area contributed by atoms with Gasteiger partial charge >= 0.3 is 0 Å². The molecule has 164 valence electrons. The van der Waals surface area contributed by atoms with E-state index in [2.05, 4.69) is 10.6 Å². The lowest BCUT2D eigenvalue weighted by Gasteiger charge is -2.20. The molecule has 3 rings (SSSR count). The summed E-state index contributed by atoms with van der Waals surface area (Å²) < 4.78 is 10.4. The third-order valence-corrected chi connectivity index (χ3v) is 5.41. The van der Waals surface area contributed by atoms with E-state index in [0.29, 0.717) is 22.7 Å². The molecule has 0 aromatic heterocycles. The van der Waals surface area contributed by atoms with E-state index in [-0.39, 0.29) is 23.1 Å². The molecule has 1 aliphatic rings. The summed E-state index contributed by atoms with van der Waals surface area (Å²) in [5.74, 6) is -0.518. The maximum atomic E-state index is 12.8. The second-order valence-electron chi connectivity index (χ2n) is 7.48. The van der Waals surface area contributed by atoms with E-state index in [9.17, 15) is 14.4 Å². The van der Waals surface area contributed by atoms with Gasteiger partial charge in [-0.15, -0.1) is 0 Å². The van der Waals surface area contributed by atoms with Gasteiger partial charge in [0.25, 0.3) is 11.8 Å². The van der Waals surface area contributed by atoms with Crippen molar-refractivity contribution in [2.24, 2.45) is 11.7 Å². The van der Waals surface area contributed by atoms with Crippen LogP contribution in [0.1, 0.15) is 52.8 Å². The van der Waals surface area contributed by atoms with Gasteiger partial charge in [0.2, 0.25) is 5.91 Å². The van der Waals surface area contributed by atoms with Gasteiger partial charge in [0.1, 0.15) is 0 Å². The Labute approximate surface area is 181 Å². The Morgan fingerprint density at radius 1 is 0.935 bits per heavy atom. The quantitative estimate of drug-likeness (QED) is 0.626. The molecule has 1 saturated carbocycles. The van der Waals surface area contributed by atoms with Crippen LogP contribution in [0.15, 0.2) is 36.4 Å². The zero-order valence-corrected chi connectivity index (χ0v) is 17.7. The highest BCUT2D eigenvalue weighted by atomic mass is 16.5. The van der Waals surface area contributed by atoms with Crippen molar-refractivity contribution in [2.75, 3.05) is 24.9 Å². The van der Waals surface area contributed by atoms with E-state index in [0.717, 1.165) is 25.7 Å². The molecule has 0 aliphatic heterocycles. The van der Waals surface area contributed by atoms with Crippen LogP contribution >= 0.6 is 0 Å². The predicted molar refractivity (Wildman–Crippen MR) is 118 cm³/mol. The summed E-state index contributed by atoms with van der Waals surface area (Å²) in [6.45, 7) is 0. The van der Waals surface area contributed by atoms with Crippen LogP contribution in [0.3, 0.4) is 0 Å². The second kappa shape index (κ2) is 9.97. The number of nitrogens with one attached hydrogen (secondary N) is 2. The number of hydrogen-bond acceptors (Lipinski definition) is 5. The first-order valence-corrected chi connectivity index (χ1v) is 10.2. The molecular weight excluding hydrogens is 398 g/mol. The lowest BCUT2D eigenvalue weighted by molar-refractivity contribution is -0.120. The van der Waals surface area contributed by atoms with Crippen LogP contribution in [0.4, 0.5) is 11.4 Å². The fourth-order valence-electron chi connectivity index (χ4n) is 3.73. The fraction of sp³-hybridized carbons (Fsp3) is 0.348. The number of hydrogen-bond donors (Lipinski definition) is 3. The van der Waals surface area contributed by atoms with Crippen LogP contribution in [-0.4, -0.2) is 31.9 Å². The normalized spacial score (nSPS) is 13.9. The number of amides is 3. The summed E-state index contributed by atoms with van der Waals surface area (Å²) in [4.78, 5) is 37.2. The van der Waals surface area contributed by atoms with E-state index in [1.807, 2.05) is 0 Å². The molecule has 0 atom stereocenters. The Hall–Kier alpha value is -3.55. The minimum atomic E-state index is -0.718. The van der Waals surface area contributed by atoms with Gasteiger partial charge in [0.15, 0.2) is 11.5 Å². The average molecular weight is 425 g/mol. The Morgan fingerprint density at radius 3 is 2.26 bits per heavy atom. The van der Waals surface area contributed by atoms with Crippen LogP contribution < -0.4 is 25.8 Å². The van der Waals surface area contributed by atoms with Gasteiger partial charge in [0.05, 0.1) is 25.5 Å². The van der Waals surface area contributed by atoms with Crippen LogP contribution in [0, 0.1) is 5.92 Å². The Balaban J connectivity index is 1.78. The highest BCUT2D eigenvalue weighted by molar-refractivity contribution is 6.09. The highest BCUT2D eigenvalue weighted by Crippen LogP contribution is 2.33. The molecule has 0 unspecified atom stereocenters. The number of benzene rings is 2. The summed E-state index contributed by atoms with van der Waals surface area (Å²) in [5, 5.41) is 5.59. The first-order valence-electron chi connectivity index (χ1n) is 10.2. The maximum Gasteiger partial charge on any atom is 0.255 e. The van der Waals surface area contributed by atoms with E-state index in [1.165, 1.54) is 32.8 Å². The topological polar surface area (TPSA) is 120 Å². The van der Waals surface area contributed by atoms with Crippen LogP contribution in [-0.2, 0) is 4.79 Å². The maximum absolute atomic E-state index is 12.8. The Morgan fingerprint density at radius 2 is 1.61 bits per heavy atom. The minimum absolute atomic E-state index is 0.0103. The van der Waals surface area contributed by atoms with Crippen molar-refractivity contribution < 1.29 is 23.9 Å². The van der Waals surface area contributed by atoms with Crippen molar-refractivity contribution >= 4 is 29.1 Å². The summed E-state index contributed by atoms with van der Waals surface area (Å²) in [5.41, 5.74) is 6.62. The van der Waals surface area contributed by atoms with Gasteiger partial charge in [-0.3, -0.25) is 14.4 Å². The molecule has 0 bridgehead atoms. The third-order valence-electron chi connectivity index (χ3n) is 5.41. The molecule has 1 fully saturated rings. The molecule has 31 heavy (non-hydrogen) atoms. The van der Waals surface area contributed by atoms with Crippen molar-refractivity contribution in [3.63, 3.8) is 0 Å². The highest BCUT2D eigenvalue weighted by Gasteiger charge is 2.22. The zero-order chi connectivity index (χ0) is 22.4. The summed E-state index contributed by atoms with van der Waals surface area (Å²) in [6, 6.07) is 9.54. The summed E-state index contributed by atoms with van der Waals surface area (Å²) in [6.07, 6.45) is 5.08. The number of ether oxygens (including phenoxy) is 2. The van der Waals surface area contributed by atoms with Crippen molar-refractivity contribution in [3.8, 4) is 11.5 Å². The Kier molecular flexibility index (Phi) is 7.12. The van der Waals surface area contributed by atoms with E-state index < -0.39 is 11.8 Å². The fourth-order valence-corrected chi connectivity index (χ4v) is 3.73. The predicted octanol–water partition coefficient (Wildman–Crippen LogP) is 3.57. The summed E-state index contributed by atoms with van der Waals surface area (Å²) in [7, 11) is 2.89. The van der Waals surface area contributed by atoms with Crippen LogP contribution in [0.2, 0.25) is 0 Å². The molecule has 8 nitrogen and oxygen atoms in total. The lowest BCUT2D eigenvalue weighted by atomic mass is 9.88. The average Bonchev–Trinajstić information content (AvgIpc) is 2.79. The molecule has 0 saturated heterocycles. The molecule has 3 amide bonds. The number of methoxy groups -OCH3 is 2. The van der Waals surface area contributed by atoms with Gasteiger partial charge < -0.3 is 25.8 Å². The number of carbonyl (C=O) groups is 3. The standard InChI is InChI=1S/C23H27N3O5/c1-30-19-12-17(21(24)27)18(13-20(19)31-2)26-23(29)15-9-6-10-16(11-15)25-22(28)14-7-4-3-5-8-14/h6,9-14H,3-5,7-8H2,1-2H3,(H2,24,27)(H,25,28)(H,26,29). The second-order valence-corrected chi connectivity index (χ2v) is 7.48. The minimum Gasteiger partial charge on any atom is -0.493 e. The number of carbonyl (C=O) groups excluding carboxylic acids is 3. The molecule has 1 aliphatic carbocycles. The van der Waals surface area contributed by atoms with Gasteiger partial charge in [-0.25, -0.2) is 0 Å². The smallest absolute Gasteiger partial charge is 0.255 e. The van der Waals surface area contributed by atoms with Crippen LogP contribution in [0.5, 0.6) is 11.5 Å². The number of primary amides is 1. The van der Waals surface area contributed by atoms with Gasteiger partial charge in [-0.1, -0.05) is 25.3 Å². The van der Waals surface area contributed by atoms with E-state index in [1.54, 1.807) is 24.3 Å². The lowest BCUT2D eigenvalue weighted by Crippen LogP contribution is -2.25. The molecule has 0 spiro atoms. The number of anilines is 2. The van der Waals surface area contributed by atoms with Gasteiger partial charge in [-0.05, 0) is 37.1 Å².